The largest absolute Gasteiger partial charge is 0.445 e. The third kappa shape index (κ3) is 4.60. The number of rotatable bonds is 5. The molecule has 2 aromatic rings. The van der Waals surface area contributed by atoms with Gasteiger partial charge >= 0.3 is 6.09 Å². The van der Waals surface area contributed by atoms with Crippen LogP contribution in [-0.2, 0) is 11.3 Å². The number of alkyl carbamates (subject to hydrolysis) is 1. The van der Waals surface area contributed by atoms with E-state index in [1.54, 1.807) is 0 Å². The summed E-state index contributed by atoms with van der Waals surface area (Å²) in [4.78, 5) is 12.3. The van der Waals surface area contributed by atoms with E-state index in [9.17, 15) is 4.79 Å². The van der Waals surface area contributed by atoms with Crippen LogP contribution in [0, 0.1) is 5.92 Å². The topological polar surface area (TPSA) is 38.3 Å². The lowest BCUT2D eigenvalue weighted by Crippen LogP contribution is -2.34. The van der Waals surface area contributed by atoms with Crippen LogP contribution in [0.15, 0.2) is 60.7 Å². The monoisotopic (exact) mass is 323 g/mol. The lowest BCUT2D eigenvalue weighted by Gasteiger charge is -2.31. The first kappa shape index (κ1) is 16.6. The lowest BCUT2D eigenvalue weighted by atomic mass is 9.81. The highest BCUT2D eigenvalue weighted by molar-refractivity contribution is 5.68. The fourth-order valence-electron chi connectivity index (χ4n) is 3.49. The fourth-order valence-corrected chi connectivity index (χ4v) is 3.49. The van der Waals surface area contributed by atoms with Crippen molar-refractivity contribution < 1.29 is 9.53 Å². The standard InChI is InChI=1S/C21H25NO2/c23-21(24-16-17-10-4-1-5-11-17)22-20(18-12-6-2-7-13-18)19-14-8-3-9-15-19/h1-2,4-7,10-13,19-20H,3,8-9,14-16H2,(H,22,23)/t20-/m1/s1. The molecule has 0 aliphatic heterocycles. The van der Waals surface area contributed by atoms with E-state index in [0.717, 1.165) is 5.56 Å². The van der Waals surface area contributed by atoms with Crippen molar-refractivity contribution in [3.05, 3.63) is 71.8 Å². The zero-order valence-corrected chi connectivity index (χ0v) is 14.0. The van der Waals surface area contributed by atoms with E-state index in [2.05, 4.69) is 17.4 Å². The molecule has 1 saturated carbocycles. The highest BCUT2D eigenvalue weighted by atomic mass is 16.5. The van der Waals surface area contributed by atoms with Gasteiger partial charge in [-0.1, -0.05) is 79.9 Å². The maximum absolute atomic E-state index is 12.3. The molecule has 126 valence electrons. The molecule has 1 amide bonds. The molecule has 1 atom stereocenters. The van der Waals surface area contributed by atoms with Crippen molar-refractivity contribution in [2.24, 2.45) is 5.92 Å². The Morgan fingerprint density at radius 2 is 1.58 bits per heavy atom. The summed E-state index contributed by atoms with van der Waals surface area (Å²) in [5, 5.41) is 3.11. The summed E-state index contributed by atoms with van der Waals surface area (Å²) in [5.74, 6) is 0.491. The first-order chi connectivity index (χ1) is 11.8. The van der Waals surface area contributed by atoms with Crippen LogP contribution >= 0.6 is 0 Å². The molecule has 3 rings (SSSR count). The molecule has 1 fully saturated rings. The molecular weight excluding hydrogens is 298 g/mol. The minimum Gasteiger partial charge on any atom is -0.445 e. The van der Waals surface area contributed by atoms with Crippen molar-refractivity contribution in [3.8, 4) is 0 Å². The Balaban J connectivity index is 1.63. The lowest BCUT2D eigenvalue weighted by molar-refractivity contribution is 0.128. The number of carbonyl (C=O) groups is 1. The van der Waals surface area contributed by atoms with Crippen molar-refractivity contribution >= 4 is 6.09 Å². The second-order valence-corrected chi connectivity index (χ2v) is 6.49. The second-order valence-electron chi connectivity index (χ2n) is 6.49. The van der Waals surface area contributed by atoms with E-state index >= 15 is 0 Å². The van der Waals surface area contributed by atoms with Crippen molar-refractivity contribution in [3.63, 3.8) is 0 Å². The molecule has 3 heteroatoms. The van der Waals surface area contributed by atoms with Crippen LogP contribution in [0.2, 0.25) is 0 Å². The number of nitrogens with one attached hydrogen (secondary N) is 1. The number of amides is 1. The molecule has 0 bridgehead atoms. The van der Waals surface area contributed by atoms with Gasteiger partial charge in [0.05, 0.1) is 6.04 Å². The molecule has 0 aromatic heterocycles. The predicted molar refractivity (Wildman–Crippen MR) is 95.5 cm³/mol. The highest BCUT2D eigenvalue weighted by Gasteiger charge is 2.26. The Morgan fingerprint density at radius 3 is 2.25 bits per heavy atom. The molecule has 1 N–H and O–H groups in total. The molecule has 0 saturated heterocycles. The van der Waals surface area contributed by atoms with Gasteiger partial charge in [0.25, 0.3) is 0 Å². The first-order valence-corrected chi connectivity index (χ1v) is 8.85. The van der Waals surface area contributed by atoms with E-state index in [4.69, 9.17) is 4.74 Å². The predicted octanol–water partition coefficient (Wildman–Crippen LogP) is 5.23. The molecule has 1 aliphatic rings. The van der Waals surface area contributed by atoms with Gasteiger partial charge in [0.15, 0.2) is 0 Å². The van der Waals surface area contributed by atoms with Crippen molar-refractivity contribution in [2.75, 3.05) is 0 Å². The quantitative estimate of drug-likeness (QED) is 0.817. The third-order valence-corrected chi connectivity index (χ3v) is 4.77. The summed E-state index contributed by atoms with van der Waals surface area (Å²) < 4.78 is 5.42. The summed E-state index contributed by atoms with van der Waals surface area (Å²) in [7, 11) is 0. The molecule has 3 nitrogen and oxygen atoms in total. The Kier molecular flexibility index (Phi) is 5.89. The number of hydrogen-bond donors (Lipinski definition) is 1. The SMILES string of the molecule is O=C(N[C@H](c1ccccc1)C1CCCCC1)OCc1ccccc1. The molecule has 0 heterocycles. The average Bonchev–Trinajstić information content (AvgIpc) is 2.67. The Labute approximate surface area is 144 Å². The van der Waals surface area contributed by atoms with E-state index in [1.807, 2.05) is 48.5 Å². The maximum Gasteiger partial charge on any atom is 0.407 e. The molecule has 24 heavy (non-hydrogen) atoms. The Hall–Kier alpha value is -2.29. The zero-order chi connectivity index (χ0) is 16.6. The van der Waals surface area contributed by atoms with Gasteiger partial charge in [-0.2, -0.15) is 0 Å². The van der Waals surface area contributed by atoms with Gasteiger partial charge in [0.2, 0.25) is 0 Å². The fraction of sp³-hybridized carbons (Fsp3) is 0.381. The van der Waals surface area contributed by atoms with Crippen molar-refractivity contribution in [2.45, 2.75) is 44.8 Å². The van der Waals surface area contributed by atoms with Crippen LogP contribution in [0.1, 0.15) is 49.3 Å². The van der Waals surface area contributed by atoms with E-state index < -0.39 is 0 Å². The second kappa shape index (κ2) is 8.53. The summed E-state index contributed by atoms with van der Waals surface area (Å²) in [6.45, 7) is 0.304. The van der Waals surface area contributed by atoms with Gasteiger partial charge in [-0.3, -0.25) is 0 Å². The molecule has 0 radical (unpaired) electrons. The van der Waals surface area contributed by atoms with Crippen LogP contribution in [0.5, 0.6) is 0 Å². The summed E-state index contributed by atoms with van der Waals surface area (Å²) in [5.41, 5.74) is 2.17. The van der Waals surface area contributed by atoms with Crippen LogP contribution < -0.4 is 5.32 Å². The minimum atomic E-state index is -0.335. The van der Waals surface area contributed by atoms with E-state index in [0.29, 0.717) is 12.5 Å². The van der Waals surface area contributed by atoms with Gasteiger partial charge in [0.1, 0.15) is 6.61 Å². The van der Waals surface area contributed by atoms with Gasteiger partial charge in [0, 0.05) is 0 Å². The smallest absolute Gasteiger partial charge is 0.407 e. The Morgan fingerprint density at radius 1 is 0.958 bits per heavy atom. The molecule has 1 aliphatic carbocycles. The van der Waals surface area contributed by atoms with Crippen LogP contribution in [0.4, 0.5) is 4.79 Å². The molecule has 0 unspecified atom stereocenters. The van der Waals surface area contributed by atoms with Crippen LogP contribution in [-0.4, -0.2) is 6.09 Å². The number of hydrogen-bond acceptors (Lipinski definition) is 2. The number of benzene rings is 2. The van der Waals surface area contributed by atoms with Crippen molar-refractivity contribution in [1.82, 2.24) is 5.32 Å². The van der Waals surface area contributed by atoms with Gasteiger partial charge in [-0.25, -0.2) is 4.79 Å². The molecular formula is C21H25NO2. The van der Waals surface area contributed by atoms with Crippen molar-refractivity contribution in [1.29, 1.82) is 0 Å². The summed E-state index contributed by atoms with van der Waals surface area (Å²) in [6.07, 6.45) is 5.79. The maximum atomic E-state index is 12.3. The normalized spacial score (nSPS) is 16.3. The zero-order valence-electron chi connectivity index (χ0n) is 14.0. The minimum absolute atomic E-state index is 0.0368. The number of carbonyl (C=O) groups excluding carboxylic acids is 1. The Bertz CT molecular complexity index is 621. The third-order valence-electron chi connectivity index (χ3n) is 4.77. The van der Waals surface area contributed by atoms with Gasteiger partial charge in [-0.05, 0) is 29.9 Å². The van der Waals surface area contributed by atoms with Crippen LogP contribution in [0.3, 0.4) is 0 Å². The van der Waals surface area contributed by atoms with Crippen LogP contribution in [0.25, 0.3) is 0 Å². The summed E-state index contributed by atoms with van der Waals surface area (Å²) in [6, 6.07) is 20.1. The highest BCUT2D eigenvalue weighted by Crippen LogP contribution is 2.34. The number of ether oxygens (including phenoxy) is 1. The van der Waals surface area contributed by atoms with Gasteiger partial charge < -0.3 is 10.1 Å². The summed E-state index contributed by atoms with van der Waals surface area (Å²) >= 11 is 0. The molecule has 0 spiro atoms. The van der Waals surface area contributed by atoms with E-state index in [-0.39, 0.29) is 12.1 Å². The average molecular weight is 323 g/mol. The van der Waals surface area contributed by atoms with E-state index in [1.165, 1.54) is 37.7 Å². The first-order valence-electron chi connectivity index (χ1n) is 8.85. The van der Waals surface area contributed by atoms with Gasteiger partial charge in [-0.15, -0.1) is 0 Å². The molecule has 2 aromatic carbocycles.